The lowest BCUT2D eigenvalue weighted by molar-refractivity contribution is -0.164. The van der Waals surface area contributed by atoms with Crippen LogP contribution < -0.4 is 0 Å². The van der Waals surface area contributed by atoms with Gasteiger partial charge in [0, 0.05) is 0 Å². The number of ether oxygens (including phenoxy) is 2. The van der Waals surface area contributed by atoms with Gasteiger partial charge in [0.15, 0.2) is 0 Å². The number of hydrogen-bond donors (Lipinski definition) is 0. The van der Waals surface area contributed by atoms with Crippen molar-refractivity contribution in [1.82, 2.24) is 0 Å². The molecule has 0 aromatic heterocycles. The summed E-state index contributed by atoms with van der Waals surface area (Å²) in [6.45, 7) is 13.7. The van der Waals surface area contributed by atoms with Gasteiger partial charge in [-0.3, -0.25) is 14.1 Å². The molecule has 0 aromatic rings. The summed E-state index contributed by atoms with van der Waals surface area (Å²) in [5, 5.41) is 0. The fourth-order valence-corrected chi connectivity index (χ4v) is 2.36. The Balaban J connectivity index is 4.77. The van der Waals surface area contributed by atoms with Crippen LogP contribution in [0.25, 0.3) is 0 Å². The second-order valence-corrected chi connectivity index (χ2v) is 10.1. The minimum absolute atomic E-state index is 0.533. The fraction of sp³-hybridized carbons (Fsp3) is 0.875. The number of phosphoric ester groups is 1. The largest absolute Gasteiger partial charge is 0.481 e. The summed E-state index contributed by atoms with van der Waals surface area (Å²) in [4.78, 5) is 23.4. The first kappa shape index (κ1) is 24.1. The Morgan fingerprint density at radius 1 is 0.720 bits per heavy atom. The Kier molecular flexibility index (Phi) is 8.30. The zero-order valence-electron chi connectivity index (χ0n) is 16.6. The number of carbonyl (C=O) groups excluding carboxylic acids is 2. The molecule has 0 bridgehead atoms. The summed E-state index contributed by atoms with van der Waals surface area (Å²) in [6.07, 6.45) is 0. The third-order valence-corrected chi connectivity index (χ3v) is 4.03. The van der Waals surface area contributed by atoms with Crippen LogP contribution in [0, 0.1) is 10.8 Å². The first-order valence-corrected chi connectivity index (χ1v) is 9.37. The van der Waals surface area contributed by atoms with Gasteiger partial charge in [0.2, 0.25) is 13.6 Å². The van der Waals surface area contributed by atoms with Crippen molar-refractivity contribution in [1.29, 1.82) is 0 Å². The second kappa shape index (κ2) is 8.62. The average molecular weight is 382 g/mol. The first-order valence-electron chi connectivity index (χ1n) is 7.91. The van der Waals surface area contributed by atoms with E-state index in [1.54, 1.807) is 62.3 Å². The van der Waals surface area contributed by atoms with Gasteiger partial charge >= 0.3 is 19.8 Å². The standard InChI is InChI=1S/C16H31O8P/c1-14(2,3)12(17)20-10-22-25(19,24-16(7,8)9)23-11-21-13(18)15(4,5)6/h10-11H2,1-9H3. The van der Waals surface area contributed by atoms with Crippen LogP contribution >= 0.6 is 7.82 Å². The highest BCUT2D eigenvalue weighted by Gasteiger charge is 2.35. The lowest BCUT2D eigenvalue weighted by atomic mass is 9.98. The maximum atomic E-state index is 12.6. The summed E-state index contributed by atoms with van der Waals surface area (Å²) >= 11 is 0. The molecule has 0 aromatic carbocycles. The van der Waals surface area contributed by atoms with Crippen molar-refractivity contribution < 1.29 is 37.2 Å². The van der Waals surface area contributed by atoms with Crippen molar-refractivity contribution in [3.8, 4) is 0 Å². The van der Waals surface area contributed by atoms with E-state index in [0.29, 0.717) is 0 Å². The van der Waals surface area contributed by atoms with Gasteiger partial charge in [-0.2, -0.15) is 0 Å². The lowest BCUT2D eigenvalue weighted by Crippen LogP contribution is -2.26. The molecule has 0 N–H and O–H groups in total. The maximum absolute atomic E-state index is 12.6. The van der Waals surface area contributed by atoms with Crippen LogP contribution in [0.4, 0.5) is 0 Å². The van der Waals surface area contributed by atoms with Crippen LogP contribution in [0.5, 0.6) is 0 Å². The molecule has 8 nitrogen and oxygen atoms in total. The van der Waals surface area contributed by atoms with Crippen LogP contribution in [0.2, 0.25) is 0 Å². The quantitative estimate of drug-likeness (QED) is 0.370. The van der Waals surface area contributed by atoms with Crippen LogP contribution in [-0.4, -0.2) is 31.1 Å². The average Bonchev–Trinajstić information content (AvgIpc) is 2.33. The molecule has 0 heterocycles. The summed E-state index contributed by atoms with van der Waals surface area (Å²) in [5.41, 5.74) is -2.33. The molecule has 0 rings (SSSR count). The van der Waals surface area contributed by atoms with E-state index < -0.39 is 49.8 Å². The predicted octanol–water partition coefficient (Wildman–Crippen LogP) is 4.04. The Bertz CT molecular complexity index is 472. The molecule has 25 heavy (non-hydrogen) atoms. The molecular weight excluding hydrogens is 351 g/mol. The summed E-state index contributed by atoms with van der Waals surface area (Å²) < 4.78 is 37.8. The van der Waals surface area contributed by atoms with E-state index in [-0.39, 0.29) is 0 Å². The monoisotopic (exact) mass is 382 g/mol. The van der Waals surface area contributed by atoms with Gasteiger partial charge in [-0.15, -0.1) is 0 Å². The highest BCUT2D eigenvalue weighted by molar-refractivity contribution is 7.48. The summed E-state index contributed by atoms with van der Waals surface area (Å²) in [5.74, 6) is -1.07. The molecule has 0 atom stereocenters. The Hall–Kier alpha value is -0.950. The van der Waals surface area contributed by atoms with Gasteiger partial charge in [0.1, 0.15) is 0 Å². The zero-order valence-corrected chi connectivity index (χ0v) is 17.5. The van der Waals surface area contributed by atoms with E-state index in [1.807, 2.05) is 0 Å². The minimum Gasteiger partial charge on any atom is -0.437 e. The Morgan fingerprint density at radius 2 is 1.04 bits per heavy atom. The van der Waals surface area contributed by atoms with Gasteiger partial charge < -0.3 is 9.47 Å². The first-order chi connectivity index (χ1) is 11.0. The van der Waals surface area contributed by atoms with Crippen molar-refractivity contribution in [2.24, 2.45) is 10.8 Å². The van der Waals surface area contributed by atoms with E-state index in [0.717, 1.165) is 0 Å². The third kappa shape index (κ3) is 10.6. The molecule has 148 valence electrons. The van der Waals surface area contributed by atoms with Gasteiger partial charge in [0.25, 0.3) is 0 Å². The molecule has 0 amide bonds. The lowest BCUT2D eigenvalue weighted by Gasteiger charge is -2.26. The number of phosphoric acid groups is 1. The summed E-state index contributed by atoms with van der Waals surface area (Å²) in [6, 6.07) is 0. The molecular formula is C16H31O8P. The van der Waals surface area contributed by atoms with Crippen molar-refractivity contribution >= 4 is 19.8 Å². The van der Waals surface area contributed by atoms with Gasteiger partial charge in [-0.25, -0.2) is 13.6 Å². The molecule has 0 spiro atoms. The van der Waals surface area contributed by atoms with Crippen LogP contribution in [0.3, 0.4) is 0 Å². The van der Waals surface area contributed by atoms with Crippen molar-refractivity contribution in [2.75, 3.05) is 13.6 Å². The van der Waals surface area contributed by atoms with Gasteiger partial charge in [-0.1, -0.05) is 0 Å². The number of esters is 2. The van der Waals surface area contributed by atoms with E-state index in [1.165, 1.54) is 0 Å². The fourth-order valence-electron chi connectivity index (χ4n) is 1.15. The van der Waals surface area contributed by atoms with Crippen molar-refractivity contribution in [2.45, 2.75) is 67.9 Å². The number of rotatable bonds is 7. The Labute approximate surface area is 150 Å². The minimum atomic E-state index is -4.11. The van der Waals surface area contributed by atoms with Crippen LogP contribution in [-0.2, 0) is 37.2 Å². The topological polar surface area (TPSA) is 97.4 Å². The molecule has 0 saturated heterocycles. The zero-order chi connectivity index (χ0) is 20.1. The molecule has 9 heteroatoms. The SMILES string of the molecule is CC(C)(C)OP(=O)(OCOC(=O)C(C)(C)C)OCOC(=O)C(C)(C)C. The van der Waals surface area contributed by atoms with Crippen molar-refractivity contribution in [3.63, 3.8) is 0 Å². The van der Waals surface area contributed by atoms with E-state index in [2.05, 4.69) is 0 Å². The molecule has 0 radical (unpaired) electrons. The normalized spacial score (nSPS) is 13.5. The molecule has 0 aliphatic heterocycles. The van der Waals surface area contributed by atoms with Crippen LogP contribution in [0.1, 0.15) is 62.3 Å². The Morgan fingerprint density at radius 3 is 1.28 bits per heavy atom. The van der Waals surface area contributed by atoms with E-state index in [4.69, 9.17) is 23.0 Å². The van der Waals surface area contributed by atoms with Crippen LogP contribution in [0.15, 0.2) is 0 Å². The maximum Gasteiger partial charge on any atom is 0.481 e. The van der Waals surface area contributed by atoms with E-state index in [9.17, 15) is 14.2 Å². The number of carbonyl (C=O) groups is 2. The molecule has 0 aliphatic rings. The number of hydrogen-bond acceptors (Lipinski definition) is 8. The van der Waals surface area contributed by atoms with Crippen molar-refractivity contribution in [3.05, 3.63) is 0 Å². The highest BCUT2D eigenvalue weighted by atomic mass is 31.2. The second-order valence-electron chi connectivity index (χ2n) is 8.51. The van der Waals surface area contributed by atoms with Gasteiger partial charge in [0.05, 0.1) is 16.4 Å². The molecule has 0 fully saturated rings. The predicted molar refractivity (Wildman–Crippen MR) is 91.4 cm³/mol. The highest BCUT2D eigenvalue weighted by Crippen LogP contribution is 2.52. The molecule has 0 saturated carbocycles. The molecule has 0 unspecified atom stereocenters. The summed E-state index contributed by atoms with van der Waals surface area (Å²) in [7, 11) is -4.11. The molecule has 0 aliphatic carbocycles. The smallest absolute Gasteiger partial charge is 0.437 e. The van der Waals surface area contributed by atoms with E-state index >= 15 is 0 Å². The third-order valence-electron chi connectivity index (χ3n) is 2.41. The van der Waals surface area contributed by atoms with Gasteiger partial charge in [-0.05, 0) is 62.3 Å².